The number of morpholine rings is 1. The van der Waals surface area contributed by atoms with Crippen LogP contribution in [-0.4, -0.2) is 37.3 Å². The van der Waals surface area contributed by atoms with Crippen molar-refractivity contribution in [1.82, 2.24) is 10.3 Å². The Kier molecular flexibility index (Phi) is 5.00. The summed E-state index contributed by atoms with van der Waals surface area (Å²) in [5.41, 5.74) is 2.51. The lowest BCUT2D eigenvalue weighted by Gasteiger charge is -2.43. The zero-order valence-electron chi connectivity index (χ0n) is 13.2. The Morgan fingerprint density at radius 2 is 2.20 bits per heavy atom. The van der Waals surface area contributed by atoms with E-state index in [1.54, 1.807) is 0 Å². The topological polar surface area (TPSA) is 37.4 Å². The van der Waals surface area contributed by atoms with Gasteiger partial charge >= 0.3 is 0 Å². The summed E-state index contributed by atoms with van der Waals surface area (Å²) in [7, 11) is 1.98. The zero-order chi connectivity index (χ0) is 14.6. The van der Waals surface area contributed by atoms with Crippen LogP contribution in [0.25, 0.3) is 0 Å². The van der Waals surface area contributed by atoms with Gasteiger partial charge in [-0.1, -0.05) is 13.3 Å². The van der Waals surface area contributed by atoms with Crippen molar-refractivity contribution in [2.75, 3.05) is 31.7 Å². The summed E-state index contributed by atoms with van der Waals surface area (Å²) in [5.74, 6) is 1.09. The quantitative estimate of drug-likeness (QED) is 0.896. The molecule has 1 saturated heterocycles. The molecule has 0 unspecified atom stereocenters. The Morgan fingerprint density at radius 1 is 1.40 bits per heavy atom. The molecule has 2 heterocycles. The third kappa shape index (κ3) is 3.49. The van der Waals surface area contributed by atoms with Crippen LogP contribution in [0.1, 0.15) is 38.4 Å². The average Bonchev–Trinajstić information content (AvgIpc) is 2.38. The van der Waals surface area contributed by atoms with Gasteiger partial charge in [-0.15, -0.1) is 0 Å². The second kappa shape index (κ2) is 6.55. The summed E-state index contributed by atoms with van der Waals surface area (Å²) in [5, 5.41) is 3.23. The van der Waals surface area contributed by atoms with E-state index in [9.17, 15) is 0 Å². The molecule has 0 atom stereocenters. The van der Waals surface area contributed by atoms with Gasteiger partial charge in [0, 0.05) is 18.8 Å². The van der Waals surface area contributed by atoms with Crippen molar-refractivity contribution < 1.29 is 4.74 Å². The average molecular weight is 277 g/mol. The number of aryl methyl sites for hydroxylation is 1. The first-order chi connectivity index (χ1) is 9.56. The molecule has 0 aliphatic carbocycles. The number of aromatic nitrogens is 1. The molecular formula is C16H27N3O. The molecule has 1 aliphatic rings. The minimum Gasteiger partial charge on any atom is -0.377 e. The predicted octanol–water partition coefficient (Wildman–Crippen LogP) is 2.37. The van der Waals surface area contributed by atoms with E-state index in [0.29, 0.717) is 0 Å². The van der Waals surface area contributed by atoms with Gasteiger partial charge in [0.2, 0.25) is 0 Å². The van der Waals surface area contributed by atoms with Crippen LogP contribution in [-0.2, 0) is 17.7 Å². The molecule has 0 radical (unpaired) electrons. The first-order valence-corrected chi connectivity index (χ1v) is 7.56. The van der Waals surface area contributed by atoms with Crippen LogP contribution in [0.2, 0.25) is 0 Å². The maximum absolute atomic E-state index is 5.61. The first-order valence-electron chi connectivity index (χ1n) is 7.56. The van der Waals surface area contributed by atoms with Crippen molar-refractivity contribution in [3.05, 3.63) is 23.4 Å². The predicted molar refractivity (Wildman–Crippen MR) is 83.2 cm³/mol. The molecule has 1 aliphatic heterocycles. The van der Waals surface area contributed by atoms with Gasteiger partial charge in [-0.25, -0.2) is 4.98 Å². The van der Waals surface area contributed by atoms with Crippen LogP contribution in [0, 0.1) is 0 Å². The Hall–Kier alpha value is -1.13. The van der Waals surface area contributed by atoms with Gasteiger partial charge < -0.3 is 15.0 Å². The van der Waals surface area contributed by atoms with Crippen molar-refractivity contribution in [1.29, 1.82) is 0 Å². The molecule has 0 aromatic carbocycles. The minimum atomic E-state index is 0.00695. The molecule has 1 N–H and O–H groups in total. The summed E-state index contributed by atoms with van der Waals surface area (Å²) in [4.78, 5) is 7.25. The third-order valence-electron chi connectivity index (χ3n) is 3.73. The van der Waals surface area contributed by atoms with Gasteiger partial charge in [0.1, 0.15) is 5.82 Å². The number of anilines is 1. The standard InChI is InChI=1S/C16H27N3O/c1-5-6-14-9-13(11-17-4)10-15(18-14)19-7-8-20-12-16(19,2)3/h9-10,17H,5-8,11-12H2,1-4H3. The van der Waals surface area contributed by atoms with Crippen LogP contribution < -0.4 is 10.2 Å². The van der Waals surface area contributed by atoms with E-state index in [2.05, 4.69) is 43.1 Å². The monoisotopic (exact) mass is 277 g/mol. The molecule has 1 aromatic rings. The maximum Gasteiger partial charge on any atom is 0.129 e. The molecule has 0 spiro atoms. The summed E-state index contributed by atoms with van der Waals surface area (Å²) in [6, 6.07) is 4.43. The number of rotatable bonds is 5. The Labute approximate surface area is 122 Å². The molecule has 4 nitrogen and oxygen atoms in total. The molecule has 0 amide bonds. The summed E-state index contributed by atoms with van der Waals surface area (Å²) >= 11 is 0. The van der Waals surface area contributed by atoms with Crippen molar-refractivity contribution in [2.45, 2.75) is 45.7 Å². The van der Waals surface area contributed by atoms with Crippen molar-refractivity contribution >= 4 is 5.82 Å². The smallest absolute Gasteiger partial charge is 0.129 e. The molecule has 0 saturated carbocycles. The SMILES string of the molecule is CCCc1cc(CNC)cc(N2CCOCC2(C)C)n1. The third-order valence-corrected chi connectivity index (χ3v) is 3.73. The molecule has 2 rings (SSSR count). The molecule has 1 fully saturated rings. The largest absolute Gasteiger partial charge is 0.377 e. The van der Waals surface area contributed by atoms with E-state index >= 15 is 0 Å². The van der Waals surface area contributed by atoms with Gasteiger partial charge in [0.15, 0.2) is 0 Å². The first kappa shape index (κ1) is 15.3. The highest BCUT2D eigenvalue weighted by Gasteiger charge is 2.31. The lowest BCUT2D eigenvalue weighted by atomic mass is 10.0. The van der Waals surface area contributed by atoms with Gasteiger partial charge in [0.05, 0.1) is 18.8 Å². The normalized spacial score (nSPS) is 18.3. The molecule has 0 bridgehead atoms. The summed E-state index contributed by atoms with van der Waals surface area (Å²) in [6.07, 6.45) is 2.16. The highest BCUT2D eigenvalue weighted by atomic mass is 16.5. The van der Waals surface area contributed by atoms with Crippen LogP contribution in [0.3, 0.4) is 0 Å². The van der Waals surface area contributed by atoms with Crippen LogP contribution in [0.5, 0.6) is 0 Å². The lowest BCUT2D eigenvalue weighted by Crippen LogP contribution is -2.53. The van der Waals surface area contributed by atoms with Crippen LogP contribution >= 0.6 is 0 Å². The van der Waals surface area contributed by atoms with Gasteiger partial charge in [-0.05, 0) is 45.0 Å². The lowest BCUT2D eigenvalue weighted by molar-refractivity contribution is 0.0639. The van der Waals surface area contributed by atoms with E-state index in [1.807, 2.05) is 7.05 Å². The minimum absolute atomic E-state index is 0.00695. The molecule has 112 valence electrons. The number of nitrogens with zero attached hydrogens (tertiary/aromatic N) is 2. The van der Waals surface area contributed by atoms with E-state index in [1.165, 1.54) is 11.3 Å². The van der Waals surface area contributed by atoms with Gasteiger partial charge in [0.25, 0.3) is 0 Å². The number of ether oxygens (including phenoxy) is 1. The molecular weight excluding hydrogens is 250 g/mol. The second-order valence-electron chi connectivity index (χ2n) is 6.12. The fourth-order valence-corrected chi connectivity index (χ4v) is 2.74. The Bertz CT molecular complexity index is 421. The van der Waals surface area contributed by atoms with Crippen molar-refractivity contribution in [2.24, 2.45) is 0 Å². The van der Waals surface area contributed by atoms with Gasteiger partial charge in [-0.3, -0.25) is 0 Å². The Balaban J connectivity index is 2.33. The summed E-state index contributed by atoms with van der Waals surface area (Å²) < 4.78 is 5.61. The zero-order valence-corrected chi connectivity index (χ0v) is 13.2. The van der Waals surface area contributed by atoms with Gasteiger partial charge in [-0.2, -0.15) is 0 Å². The molecule has 4 heteroatoms. The van der Waals surface area contributed by atoms with Crippen molar-refractivity contribution in [3.63, 3.8) is 0 Å². The maximum atomic E-state index is 5.61. The highest BCUT2D eigenvalue weighted by Crippen LogP contribution is 2.26. The van der Waals surface area contributed by atoms with Crippen molar-refractivity contribution in [3.8, 4) is 0 Å². The van der Waals surface area contributed by atoms with E-state index < -0.39 is 0 Å². The molecule has 20 heavy (non-hydrogen) atoms. The highest BCUT2D eigenvalue weighted by molar-refractivity contribution is 5.46. The number of hydrogen-bond acceptors (Lipinski definition) is 4. The summed E-state index contributed by atoms with van der Waals surface area (Å²) in [6.45, 7) is 9.98. The fraction of sp³-hybridized carbons (Fsp3) is 0.688. The van der Waals surface area contributed by atoms with Crippen LogP contribution in [0.4, 0.5) is 5.82 Å². The second-order valence-corrected chi connectivity index (χ2v) is 6.12. The Morgan fingerprint density at radius 3 is 2.85 bits per heavy atom. The molecule has 1 aromatic heterocycles. The fourth-order valence-electron chi connectivity index (χ4n) is 2.74. The number of hydrogen-bond donors (Lipinski definition) is 1. The van der Waals surface area contributed by atoms with Crippen LogP contribution in [0.15, 0.2) is 12.1 Å². The van der Waals surface area contributed by atoms with E-state index in [-0.39, 0.29) is 5.54 Å². The van der Waals surface area contributed by atoms with E-state index in [0.717, 1.165) is 45.0 Å². The van der Waals surface area contributed by atoms with E-state index in [4.69, 9.17) is 9.72 Å². The number of pyridine rings is 1. The number of nitrogens with one attached hydrogen (secondary N) is 1.